The highest BCUT2D eigenvalue weighted by atomic mass is 127. The third kappa shape index (κ3) is 8.14. The van der Waals surface area contributed by atoms with Crippen LogP contribution in [0, 0.1) is 53.3 Å². The average molecular weight is 972 g/mol. The number of alkyl halides is 4. The summed E-state index contributed by atoms with van der Waals surface area (Å²) in [6, 6.07) is 0. The summed E-state index contributed by atoms with van der Waals surface area (Å²) >= 11 is 12.2. The average Bonchev–Trinajstić information content (AvgIpc) is 3.56. The molecular weight excluding hydrogens is 916 g/mol. The molecule has 0 aliphatic heterocycles. The molecule has 0 aromatic carbocycles. The Bertz CT molecular complexity index is 728. The van der Waals surface area contributed by atoms with Crippen molar-refractivity contribution < 1.29 is 0 Å². The van der Waals surface area contributed by atoms with Crippen molar-refractivity contribution in [2.45, 2.75) is 151 Å². The number of hydrogen-bond donors (Lipinski definition) is 0. The van der Waals surface area contributed by atoms with Crippen LogP contribution in [0.3, 0.4) is 0 Å². The van der Waals surface area contributed by atoms with Crippen LogP contribution in [-0.4, -0.2) is 2.86 Å². The Morgan fingerprint density at radius 1 is 0.500 bits per heavy atom. The summed E-state index contributed by atoms with van der Waals surface area (Å²) in [6.45, 7) is 2.67. The van der Waals surface area contributed by atoms with Gasteiger partial charge in [-0.2, -0.15) is 0 Å². The van der Waals surface area contributed by atoms with Crippen LogP contribution in [0.2, 0.25) is 0 Å². The molecule has 220 valence electrons. The van der Waals surface area contributed by atoms with E-state index in [1.165, 1.54) is 122 Å². The zero-order valence-corrected chi connectivity index (χ0v) is 32.9. The molecule has 4 heteroatoms. The smallest absolute Gasteiger partial charge is 0.0669 e. The van der Waals surface area contributed by atoms with Crippen LogP contribution in [0.4, 0.5) is 0 Å². The first-order valence-corrected chi connectivity index (χ1v) is 21.3. The van der Waals surface area contributed by atoms with Gasteiger partial charge >= 0.3 is 0 Å². The van der Waals surface area contributed by atoms with E-state index >= 15 is 0 Å². The summed E-state index contributed by atoms with van der Waals surface area (Å²) in [7, 11) is 0. The van der Waals surface area contributed by atoms with Crippen molar-refractivity contribution in [1.82, 2.24) is 0 Å². The predicted octanol–water partition coefficient (Wildman–Crippen LogP) is 13.3. The number of rotatable bonds is 1. The second kappa shape index (κ2) is 14.8. The van der Waals surface area contributed by atoms with Crippen molar-refractivity contribution in [2.24, 2.45) is 53.3 Å². The van der Waals surface area contributed by atoms with Crippen molar-refractivity contribution in [3.05, 3.63) is 0 Å². The molecule has 5 fully saturated rings. The maximum atomic E-state index is 3.06. The Kier molecular flexibility index (Phi) is 12.6. The second-order valence-corrected chi connectivity index (χ2v) is 26.5. The van der Waals surface area contributed by atoms with Crippen LogP contribution in [0.1, 0.15) is 148 Å². The largest absolute Gasteiger partial charge is 0.0794 e. The van der Waals surface area contributed by atoms with Crippen molar-refractivity contribution in [2.75, 3.05) is 0 Å². The summed E-state index contributed by atoms with van der Waals surface area (Å²) in [5.74, 6) is 8.77. The fraction of sp³-hybridized carbons (Fsp3) is 1.00. The lowest BCUT2D eigenvalue weighted by Crippen LogP contribution is -2.45. The van der Waals surface area contributed by atoms with Crippen molar-refractivity contribution in [3.8, 4) is 0 Å². The van der Waals surface area contributed by atoms with Gasteiger partial charge in [-0.05, 0) is 91.8 Å². The number of halogens is 4. The molecule has 5 aliphatic rings. The van der Waals surface area contributed by atoms with Crippen LogP contribution in [-0.2, 0) is 0 Å². The number of fused-ring (bicyclic) bond motifs is 7. The van der Waals surface area contributed by atoms with E-state index in [9.17, 15) is 0 Å². The molecule has 0 aromatic rings. The molecule has 0 amide bonds. The minimum atomic E-state index is 0.425. The lowest BCUT2D eigenvalue weighted by Gasteiger charge is -2.49. The van der Waals surface area contributed by atoms with E-state index in [1.54, 1.807) is 19.3 Å². The van der Waals surface area contributed by atoms with Crippen LogP contribution in [0.15, 0.2) is 0 Å². The van der Waals surface area contributed by atoms with E-state index in [1.807, 2.05) is 0 Å². The number of hydrogen-bond acceptors (Lipinski definition) is 0. The quantitative estimate of drug-likeness (QED) is 0.181. The maximum absolute atomic E-state index is 3.06. The second-order valence-electron chi connectivity index (χ2n) is 14.9. The fourth-order valence-corrected chi connectivity index (χ4v) is 15.6. The fourth-order valence-electron chi connectivity index (χ4n) is 10.3. The van der Waals surface area contributed by atoms with Gasteiger partial charge in [0.2, 0.25) is 0 Å². The Labute approximate surface area is 291 Å². The van der Waals surface area contributed by atoms with Crippen LogP contribution >= 0.6 is 90.4 Å². The van der Waals surface area contributed by atoms with E-state index in [-0.39, 0.29) is 0 Å². The first-order valence-electron chi connectivity index (χ1n) is 17.0. The van der Waals surface area contributed by atoms with Crippen LogP contribution in [0.25, 0.3) is 0 Å². The lowest BCUT2D eigenvalue weighted by atomic mass is 9.67. The van der Waals surface area contributed by atoms with Gasteiger partial charge in [0, 0.05) is 0 Å². The molecule has 0 radical (unpaired) electrons. The molecule has 8 unspecified atom stereocenters. The summed E-state index contributed by atoms with van der Waals surface area (Å²) in [5, 5.41) is 0. The molecule has 0 saturated heterocycles. The van der Waals surface area contributed by atoms with Gasteiger partial charge in [0.25, 0.3) is 0 Å². The van der Waals surface area contributed by atoms with Crippen LogP contribution < -0.4 is 0 Å². The first-order chi connectivity index (χ1) is 18.2. The lowest BCUT2D eigenvalue weighted by molar-refractivity contribution is 0.127. The third-order valence-electron chi connectivity index (χ3n) is 12.6. The SMILES string of the molecule is CC1CCC2C(CCC1C1CCCC1)C(I)(I)C1CCC(CCC3CCCCCC(CCC3)CC2(I)I)C1. The topological polar surface area (TPSA) is 0 Å². The van der Waals surface area contributed by atoms with Gasteiger partial charge in [-0.15, -0.1) is 0 Å². The Balaban J connectivity index is 1.44. The van der Waals surface area contributed by atoms with E-state index in [2.05, 4.69) is 97.3 Å². The monoisotopic (exact) mass is 972 g/mol. The molecule has 0 spiro atoms. The molecule has 38 heavy (non-hydrogen) atoms. The first kappa shape index (κ1) is 32.3. The minimum absolute atomic E-state index is 0.425. The maximum Gasteiger partial charge on any atom is 0.0794 e. The van der Waals surface area contributed by atoms with Crippen molar-refractivity contribution in [1.29, 1.82) is 0 Å². The molecule has 4 bridgehead atoms. The summed E-state index contributed by atoms with van der Waals surface area (Å²) in [6.07, 6.45) is 33.5. The molecule has 0 nitrogen and oxygen atoms in total. The van der Waals surface area contributed by atoms with Gasteiger partial charge < -0.3 is 0 Å². The minimum Gasteiger partial charge on any atom is -0.0669 e. The molecule has 0 N–H and O–H groups in total. The van der Waals surface area contributed by atoms with E-state index < -0.39 is 0 Å². The van der Waals surface area contributed by atoms with E-state index in [4.69, 9.17) is 0 Å². The molecule has 8 atom stereocenters. The standard InChI is InChI=1S/C34H56I4/c1-24-14-20-31-32(21-19-30(24)28-12-5-6-13-28)34(37,38)29-18-17-26(22-29)16-15-25-8-3-2-4-9-27(11-7-10-25)23-33(31,35)36/h24-32H,2-23H2,1H3. The highest BCUT2D eigenvalue weighted by Gasteiger charge is 2.52. The van der Waals surface area contributed by atoms with Gasteiger partial charge in [0.1, 0.15) is 0 Å². The van der Waals surface area contributed by atoms with Gasteiger partial charge in [0.15, 0.2) is 0 Å². The Morgan fingerprint density at radius 2 is 1.11 bits per heavy atom. The van der Waals surface area contributed by atoms with Gasteiger partial charge in [-0.3, -0.25) is 0 Å². The molecule has 5 saturated carbocycles. The third-order valence-corrected chi connectivity index (χ3v) is 18.4. The van der Waals surface area contributed by atoms with Gasteiger partial charge in [-0.1, -0.05) is 200 Å². The molecule has 0 aromatic heterocycles. The zero-order valence-electron chi connectivity index (χ0n) is 24.3. The summed E-state index contributed by atoms with van der Waals surface area (Å²) < 4.78 is 0.869. The van der Waals surface area contributed by atoms with Gasteiger partial charge in [-0.25, -0.2) is 0 Å². The highest BCUT2D eigenvalue weighted by molar-refractivity contribution is 14.2. The summed E-state index contributed by atoms with van der Waals surface area (Å²) in [5.41, 5.74) is 0. The molecule has 5 aliphatic carbocycles. The Morgan fingerprint density at radius 3 is 1.89 bits per heavy atom. The van der Waals surface area contributed by atoms with Gasteiger partial charge in [0.05, 0.1) is 2.86 Å². The Hall–Kier alpha value is 2.92. The predicted molar refractivity (Wildman–Crippen MR) is 200 cm³/mol. The van der Waals surface area contributed by atoms with Crippen LogP contribution in [0.5, 0.6) is 0 Å². The molecule has 5 rings (SSSR count). The van der Waals surface area contributed by atoms with Crippen molar-refractivity contribution in [3.63, 3.8) is 0 Å². The normalized spacial score (nSPS) is 43.5. The van der Waals surface area contributed by atoms with E-state index in [0.29, 0.717) is 2.86 Å². The van der Waals surface area contributed by atoms with Crippen molar-refractivity contribution >= 4 is 90.4 Å². The molecule has 0 heterocycles. The highest BCUT2D eigenvalue weighted by Crippen LogP contribution is 2.61. The van der Waals surface area contributed by atoms with E-state index in [0.717, 1.165) is 53.3 Å². The summed E-state index contributed by atoms with van der Waals surface area (Å²) in [4.78, 5) is 0. The zero-order chi connectivity index (χ0) is 26.8. The molecular formula is C34H56I4.